The molecule has 0 spiro atoms. The molecule has 0 aliphatic heterocycles. The van der Waals surface area contributed by atoms with Crippen LogP contribution in [-0.4, -0.2) is 14.7 Å². The highest BCUT2D eigenvalue weighted by Crippen LogP contribution is 2.54. The minimum Gasteiger partial charge on any atom is -0.318 e. The van der Waals surface area contributed by atoms with E-state index in [2.05, 4.69) is 6.58 Å². The van der Waals surface area contributed by atoms with Gasteiger partial charge in [0.05, 0.1) is 0 Å². The Kier molecular flexibility index (Phi) is 3.13. The number of hydrogen-bond donors (Lipinski definition) is 3. The molecule has 0 fully saturated rings. The van der Waals surface area contributed by atoms with Gasteiger partial charge in [-0.25, -0.2) is 4.57 Å². The molecule has 56 valence electrons. The first-order valence-corrected chi connectivity index (χ1v) is 4.84. The summed E-state index contributed by atoms with van der Waals surface area (Å²) in [6.45, 7) is 2.85. The lowest BCUT2D eigenvalue weighted by Crippen LogP contribution is -1.77. The highest BCUT2D eigenvalue weighted by molar-refractivity contribution is 7.71. The molecule has 1 unspecified atom stereocenters. The Morgan fingerprint density at radius 1 is 1.60 bits per heavy atom. The minimum atomic E-state index is -4.62. The largest absolute Gasteiger partial charge is 0.563 e. The molecule has 10 heavy (non-hydrogen) atoms. The number of hydrogen-bond acceptors (Lipinski definition) is 2. The molecule has 0 bridgehead atoms. The van der Waals surface area contributed by atoms with E-state index < -0.39 is 20.7 Å². The molecule has 3 N–H and O–H groups in total. The first kappa shape index (κ1) is 9.73. The fourth-order valence-corrected chi connectivity index (χ4v) is 1.51. The van der Waals surface area contributed by atoms with Crippen LogP contribution in [0.1, 0.15) is 0 Å². The van der Waals surface area contributed by atoms with Gasteiger partial charge >= 0.3 is 20.7 Å². The Labute approximate surface area is 57.7 Å². The SMILES string of the molecule is C=C=C([P+](=O)O)P(=O)(O)O. The Morgan fingerprint density at radius 3 is 2.00 bits per heavy atom. The Balaban J connectivity index is 4.94. The first-order valence-electron chi connectivity index (χ1n) is 2.02. The summed E-state index contributed by atoms with van der Waals surface area (Å²) >= 11 is 0. The van der Waals surface area contributed by atoms with Crippen molar-refractivity contribution >= 4 is 15.6 Å². The standard InChI is InChI=1S/C3H4O5P2/c1-2-3(9(4)5)10(6,7)8/h1H2,(H2-,4,5,6,7,8)/p+1. The highest BCUT2D eigenvalue weighted by Gasteiger charge is 2.38. The molecular formula is C3H5O5P2+. The minimum absolute atomic E-state index is 0.956. The predicted octanol–water partition coefficient (Wildman–Crippen LogP) is 0.525. The topological polar surface area (TPSA) is 94.8 Å². The fraction of sp³-hybridized carbons (Fsp3) is 0. The van der Waals surface area contributed by atoms with Gasteiger partial charge in [0, 0.05) is 0 Å². The van der Waals surface area contributed by atoms with E-state index in [1.807, 2.05) is 0 Å². The van der Waals surface area contributed by atoms with Gasteiger partial charge in [-0.1, -0.05) is 12.3 Å². The molecule has 0 saturated carbocycles. The van der Waals surface area contributed by atoms with Crippen LogP contribution < -0.4 is 0 Å². The van der Waals surface area contributed by atoms with Crippen molar-refractivity contribution < 1.29 is 23.8 Å². The maximum absolute atomic E-state index is 10.2. The zero-order valence-corrected chi connectivity index (χ0v) is 6.55. The van der Waals surface area contributed by atoms with Crippen molar-refractivity contribution in [3.63, 3.8) is 0 Å². The van der Waals surface area contributed by atoms with E-state index in [0.717, 1.165) is 0 Å². The summed E-state index contributed by atoms with van der Waals surface area (Å²) in [5, 5.41) is -0.956. The lowest BCUT2D eigenvalue weighted by molar-refractivity contribution is 0.383. The monoisotopic (exact) mass is 183 g/mol. The third-order valence-electron chi connectivity index (χ3n) is 0.615. The molecule has 0 amide bonds. The third-order valence-corrected chi connectivity index (χ3v) is 3.14. The van der Waals surface area contributed by atoms with E-state index in [-0.39, 0.29) is 0 Å². The maximum Gasteiger partial charge on any atom is 0.563 e. The molecule has 0 aromatic heterocycles. The summed E-state index contributed by atoms with van der Waals surface area (Å²) in [5.74, 6) is 0. The molecule has 0 aliphatic rings. The lowest BCUT2D eigenvalue weighted by atomic mass is 11.0. The van der Waals surface area contributed by atoms with E-state index in [0.29, 0.717) is 0 Å². The average molecular weight is 183 g/mol. The van der Waals surface area contributed by atoms with E-state index in [1.165, 1.54) is 0 Å². The van der Waals surface area contributed by atoms with E-state index in [4.69, 9.17) is 14.7 Å². The third kappa shape index (κ3) is 2.54. The van der Waals surface area contributed by atoms with Gasteiger partial charge in [0.15, 0.2) is 0 Å². The van der Waals surface area contributed by atoms with E-state index in [1.54, 1.807) is 5.73 Å². The van der Waals surface area contributed by atoms with Crippen LogP contribution in [-0.2, 0) is 9.13 Å². The van der Waals surface area contributed by atoms with Gasteiger partial charge in [-0.05, 0) is 4.57 Å². The Morgan fingerprint density at radius 2 is 2.00 bits per heavy atom. The molecule has 0 saturated heterocycles. The van der Waals surface area contributed by atoms with Gasteiger partial charge in [0.25, 0.3) is 0 Å². The zero-order valence-electron chi connectivity index (χ0n) is 4.76. The summed E-state index contributed by atoms with van der Waals surface area (Å²) in [7, 11) is -7.64. The summed E-state index contributed by atoms with van der Waals surface area (Å²) in [6, 6.07) is 0. The van der Waals surface area contributed by atoms with E-state index >= 15 is 0 Å². The molecule has 0 aromatic carbocycles. The van der Waals surface area contributed by atoms with Crippen LogP contribution in [0.4, 0.5) is 0 Å². The normalized spacial score (nSPS) is 12.1. The number of rotatable bonds is 2. The second-order valence-corrected chi connectivity index (χ2v) is 4.20. The molecule has 7 heteroatoms. The summed E-state index contributed by atoms with van der Waals surface area (Å²) in [6.07, 6.45) is 0. The van der Waals surface area contributed by atoms with Crippen LogP contribution in [0.3, 0.4) is 0 Å². The van der Waals surface area contributed by atoms with E-state index in [9.17, 15) is 9.13 Å². The molecule has 0 aromatic rings. The van der Waals surface area contributed by atoms with Crippen LogP contribution in [0, 0.1) is 0 Å². The second-order valence-electron chi connectivity index (χ2n) is 1.32. The molecular weight excluding hydrogens is 178 g/mol. The molecule has 0 heterocycles. The van der Waals surface area contributed by atoms with Gasteiger partial charge < -0.3 is 9.79 Å². The van der Waals surface area contributed by atoms with Gasteiger partial charge in [-0.2, -0.15) is 4.89 Å². The summed E-state index contributed by atoms with van der Waals surface area (Å²) in [4.78, 5) is 24.8. The van der Waals surface area contributed by atoms with Crippen LogP contribution in [0.2, 0.25) is 0 Å². The summed E-state index contributed by atoms with van der Waals surface area (Å²) in [5.41, 5.74) is 1.71. The van der Waals surface area contributed by atoms with Crippen molar-refractivity contribution in [1.29, 1.82) is 0 Å². The van der Waals surface area contributed by atoms with Gasteiger partial charge in [-0.15, -0.1) is 0 Å². The predicted molar refractivity (Wildman–Crippen MR) is 34.5 cm³/mol. The van der Waals surface area contributed by atoms with Crippen molar-refractivity contribution in [3.05, 3.63) is 17.4 Å². The van der Waals surface area contributed by atoms with Crippen LogP contribution in [0.15, 0.2) is 17.4 Å². The zero-order chi connectivity index (χ0) is 8.36. The molecule has 0 radical (unpaired) electrons. The summed E-state index contributed by atoms with van der Waals surface area (Å²) < 4.78 is 20.3. The molecule has 5 nitrogen and oxygen atoms in total. The quantitative estimate of drug-likeness (QED) is 0.428. The van der Waals surface area contributed by atoms with Crippen molar-refractivity contribution in [1.82, 2.24) is 0 Å². The fourth-order valence-electron chi connectivity index (χ4n) is 0.282. The van der Waals surface area contributed by atoms with Crippen molar-refractivity contribution in [2.45, 2.75) is 0 Å². The Hall–Kier alpha value is -0.270. The van der Waals surface area contributed by atoms with Crippen LogP contribution >= 0.6 is 15.6 Å². The van der Waals surface area contributed by atoms with Crippen molar-refractivity contribution in [2.24, 2.45) is 0 Å². The van der Waals surface area contributed by atoms with Crippen molar-refractivity contribution in [2.75, 3.05) is 0 Å². The van der Waals surface area contributed by atoms with Crippen molar-refractivity contribution in [3.8, 4) is 0 Å². The maximum atomic E-state index is 10.2. The smallest absolute Gasteiger partial charge is 0.318 e. The second kappa shape index (κ2) is 3.22. The van der Waals surface area contributed by atoms with Crippen LogP contribution in [0.5, 0.6) is 0 Å². The van der Waals surface area contributed by atoms with Crippen LogP contribution in [0.25, 0.3) is 0 Å². The molecule has 1 atom stereocenters. The Bertz CT molecular complexity index is 244. The molecule has 0 rings (SSSR count). The van der Waals surface area contributed by atoms with Gasteiger partial charge in [0.1, 0.15) is 0 Å². The average Bonchev–Trinajstić information content (AvgIpc) is 1.60. The lowest BCUT2D eigenvalue weighted by Gasteiger charge is -1.90. The first-order chi connectivity index (χ1) is 4.39. The van der Waals surface area contributed by atoms with Gasteiger partial charge in [-0.3, -0.25) is 0 Å². The van der Waals surface area contributed by atoms with Gasteiger partial charge in [0.2, 0.25) is 0 Å². The molecule has 0 aliphatic carbocycles. The highest BCUT2D eigenvalue weighted by atomic mass is 31.2.